The molecule has 4 saturated carbocycles. The van der Waals surface area contributed by atoms with Crippen molar-refractivity contribution in [2.24, 2.45) is 39.6 Å². The minimum Gasteiger partial charge on any atom is -0.458 e. The zero-order valence-corrected chi connectivity index (χ0v) is 36.7. The van der Waals surface area contributed by atoms with E-state index >= 15 is 0 Å². The molecule has 6 N–H and O–H groups in total. The summed E-state index contributed by atoms with van der Waals surface area (Å²) in [5, 5.41) is 52.3. The van der Waals surface area contributed by atoms with Crippen molar-refractivity contribution in [3.63, 3.8) is 0 Å². The second-order valence-electron chi connectivity index (χ2n) is 20.1. The van der Waals surface area contributed by atoms with Gasteiger partial charge in [0.15, 0.2) is 18.9 Å². The first-order chi connectivity index (χ1) is 28.3. The van der Waals surface area contributed by atoms with Crippen LogP contribution in [0.1, 0.15) is 105 Å². The van der Waals surface area contributed by atoms with Crippen LogP contribution < -0.4 is 5.14 Å². The van der Waals surface area contributed by atoms with Crippen LogP contribution in [-0.2, 0) is 48.0 Å². The molecule has 0 radical (unpaired) electrons. The van der Waals surface area contributed by atoms with Gasteiger partial charge in [-0.2, -0.15) is 0 Å². The molecule has 8 rings (SSSR count). The van der Waals surface area contributed by atoms with Crippen molar-refractivity contribution in [2.75, 3.05) is 32.0 Å². The number of fused-ring (bicyclic) bond motifs is 5. The molecule has 0 aromatic heterocycles. The van der Waals surface area contributed by atoms with E-state index in [1.165, 1.54) is 0 Å². The highest BCUT2D eigenvalue weighted by Gasteiger charge is 2.71. The van der Waals surface area contributed by atoms with E-state index in [-0.39, 0.29) is 66.5 Å². The second kappa shape index (κ2) is 17.2. The molecule has 0 aromatic rings. The van der Waals surface area contributed by atoms with E-state index in [0.717, 1.165) is 44.1 Å². The van der Waals surface area contributed by atoms with Gasteiger partial charge in [-0.05, 0) is 107 Å². The van der Waals surface area contributed by atoms with Crippen molar-refractivity contribution in [3.8, 4) is 0 Å². The molecule has 342 valence electrons. The number of nitrogens with two attached hydrogens (primary N) is 1. The van der Waals surface area contributed by atoms with E-state index in [1.807, 2.05) is 25.7 Å². The standard InChI is InChI=1S/C43H70N2O14S/c1-23-21-45(14-15-60(44,51)52)13-10-36(54-23)58-39-24(2)56-38(20-33(39)47)59-40-25(3)55-37(19-32(40)46)57-28-8-11-41(4)27(17-28)6-7-30-31(41)18-34(48)42(5)29(9-12-43(30,42)50)26-16-35(49)53-22-26/h16,23-25,27-34,36-40,46-48,50H,6-15,17-22H2,1-5H3,(H2,44,51,52)/t23?,24-,25-,27-,28+,29-,30-,31+,32+,33+,34-,36?,37-,38+,39-,40+,41+,42+,43+/m1/s1. The van der Waals surface area contributed by atoms with E-state index < -0.39 is 82.6 Å². The molecule has 3 saturated heterocycles. The van der Waals surface area contributed by atoms with Crippen LogP contribution in [0.5, 0.6) is 0 Å². The first kappa shape index (κ1) is 45.3. The van der Waals surface area contributed by atoms with Crippen molar-refractivity contribution < 1.29 is 66.8 Å². The fourth-order valence-corrected chi connectivity index (χ4v) is 13.8. The molecule has 16 nitrogen and oxygen atoms in total. The molecule has 60 heavy (non-hydrogen) atoms. The van der Waals surface area contributed by atoms with Crippen molar-refractivity contribution in [2.45, 2.75) is 185 Å². The molecule has 4 aliphatic heterocycles. The van der Waals surface area contributed by atoms with Crippen LogP contribution in [0.4, 0.5) is 0 Å². The van der Waals surface area contributed by atoms with Crippen LogP contribution >= 0.6 is 0 Å². The summed E-state index contributed by atoms with van der Waals surface area (Å²) in [6.45, 7) is 11.6. The Morgan fingerprint density at radius 3 is 2.13 bits per heavy atom. The van der Waals surface area contributed by atoms with Crippen LogP contribution in [0.2, 0.25) is 0 Å². The molecular weight excluding hydrogens is 801 g/mol. The monoisotopic (exact) mass is 870 g/mol. The average Bonchev–Trinajstić information content (AvgIpc) is 3.65. The lowest BCUT2D eigenvalue weighted by molar-refractivity contribution is -0.329. The van der Waals surface area contributed by atoms with E-state index in [1.54, 1.807) is 13.0 Å². The molecule has 17 heteroatoms. The number of carbonyl (C=O) groups excluding carboxylic acids is 1. The summed E-state index contributed by atoms with van der Waals surface area (Å²) in [6, 6.07) is 0. The van der Waals surface area contributed by atoms with Crippen LogP contribution in [0.3, 0.4) is 0 Å². The third-order valence-electron chi connectivity index (χ3n) is 16.5. The summed E-state index contributed by atoms with van der Waals surface area (Å²) in [7, 11) is -3.58. The number of hydrogen-bond acceptors (Lipinski definition) is 15. The van der Waals surface area contributed by atoms with E-state index in [9.17, 15) is 33.6 Å². The maximum Gasteiger partial charge on any atom is 0.331 e. The van der Waals surface area contributed by atoms with Gasteiger partial charge in [-0.25, -0.2) is 18.4 Å². The summed E-state index contributed by atoms with van der Waals surface area (Å²) in [6.07, 6.45) is 1.58. The molecular formula is C43H70N2O14S. The maximum atomic E-state index is 12.6. The average molecular weight is 871 g/mol. The molecule has 8 aliphatic rings. The Hall–Kier alpha value is -1.32. The highest BCUT2D eigenvalue weighted by Crippen LogP contribution is 2.70. The number of carbonyl (C=O) groups is 1. The van der Waals surface area contributed by atoms with Gasteiger partial charge in [-0.3, -0.25) is 4.90 Å². The topological polar surface area (TPSA) is 226 Å². The van der Waals surface area contributed by atoms with Crippen LogP contribution in [0.25, 0.3) is 0 Å². The summed E-state index contributed by atoms with van der Waals surface area (Å²) in [5.41, 5.74) is -0.909. The van der Waals surface area contributed by atoms with E-state index in [4.69, 9.17) is 38.3 Å². The number of hydrogen-bond donors (Lipinski definition) is 5. The SMILES string of the molecule is CC1CN(CCS(N)(=O)=O)CCC(O[C@H]2[C@@H](O)C[C@H](O[C@@H]3[C@@H](O)C[C@@H](O[C@H]4CC[C@@]5(C)[C@H](CC[C@@H]6[C@@H]5C[C@@H](O)[C@]5(C)[C@@H](C7=CC(=O)OC7)CC[C@]65O)C4)O[C@@H]3C)O[C@@H]2C)O1. The highest BCUT2D eigenvalue weighted by molar-refractivity contribution is 7.89. The van der Waals surface area contributed by atoms with Crippen LogP contribution in [0, 0.1) is 34.5 Å². The largest absolute Gasteiger partial charge is 0.458 e. The Morgan fingerprint density at radius 1 is 0.833 bits per heavy atom. The lowest BCUT2D eigenvalue weighted by Gasteiger charge is -2.65. The molecule has 7 fully saturated rings. The van der Waals surface area contributed by atoms with Crippen molar-refractivity contribution >= 4 is 16.0 Å². The molecule has 0 aromatic carbocycles. The van der Waals surface area contributed by atoms with Gasteiger partial charge in [0.25, 0.3) is 0 Å². The molecule has 0 spiro atoms. The number of esters is 1. The summed E-state index contributed by atoms with van der Waals surface area (Å²) in [5.74, 6) is 0.0434. The Kier molecular flexibility index (Phi) is 13.0. The fourth-order valence-electron chi connectivity index (χ4n) is 13.3. The smallest absolute Gasteiger partial charge is 0.331 e. The third kappa shape index (κ3) is 8.63. The summed E-state index contributed by atoms with van der Waals surface area (Å²) in [4.78, 5) is 14.0. The van der Waals surface area contributed by atoms with Gasteiger partial charge in [0.05, 0.1) is 54.1 Å². The number of sulfonamides is 1. The minimum atomic E-state index is -3.58. The first-order valence-corrected chi connectivity index (χ1v) is 24.3. The van der Waals surface area contributed by atoms with Gasteiger partial charge >= 0.3 is 5.97 Å². The number of ether oxygens (including phenoxy) is 7. The Balaban J connectivity index is 0.813. The molecule has 19 atom stereocenters. The number of aliphatic hydroxyl groups excluding tert-OH is 3. The quantitative estimate of drug-likeness (QED) is 0.157. The number of aliphatic hydroxyl groups is 4. The van der Waals surface area contributed by atoms with Gasteiger partial charge in [-0.15, -0.1) is 0 Å². The summed E-state index contributed by atoms with van der Waals surface area (Å²) < 4.78 is 65.9. The van der Waals surface area contributed by atoms with Gasteiger partial charge < -0.3 is 53.6 Å². The lowest BCUT2D eigenvalue weighted by Crippen LogP contribution is -2.67. The molecule has 4 aliphatic carbocycles. The lowest BCUT2D eigenvalue weighted by atomic mass is 9.42. The second-order valence-corrected chi connectivity index (χ2v) is 21.8. The predicted molar refractivity (Wildman–Crippen MR) is 215 cm³/mol. The molecule has 4 heterocycles. The van der Waals surface area contributed by atoms with Gasteiger partial charge in [-0.1, -0.05) is 13.8 Å². The van der Waals surface area contributed by atoms with E-state index in [0.29, 0.717) is 44.8 Å². The predicted octanol–water partition coefficient (Wildman–Crippen LogP) is 2.09. The van der Waals surface area contributed by atoms with Crippen molar-refractivity contribution in [3.05, 3.63) is 11.6 Å². The van der Waals surface area contributed by atoms with Gasteiger partial charge in [0, 0.05) is 50.4 Å². The third-order valence-corrected chi connectivity index (χ3v) is 17.3. The van der Waals surface area contributed by atoms with E-state index in [2.05, 4.69) is 6.92 Å². The Bertz CT molecular complexity index is 1680. The summed E-state index contributed by atoms with van der Waals surface area (Å²) >= 11 is 0. The number of nitrogens with zero attached hydrogens (tertiary/aromatic N) is 1. The number of primary sulfonamides is 1. The van der Waals surface area contributed by atoms with Gasteiger partial charge in [0.1, 0.15) is 18.8 Å². The Labute approximate surface area is 354 Å². The molecule has 0 bridgehead atoms. The minimum absolute atomic E-state index is 0.0498. The Morgan fingerprint density at radius 2 is 1.50 bits per heavy atom. The highest BCUT2D eigenvalue weighted by atomic mass is 32.2. The van der Waals surface area contributed by atoms with Crippen LogP contribution in [-0.4, -0.2) is 151 Å². The van der Waals surface area contributed by atoms with Gasteiger partial charge in [0.2, 0.25) is 10.0 Å². The maximum absolute atomic E-state index is 12.6. The fraction of sp³-hybridized carbons (Fsp3) is 0.930. The van der Waals surface area contributed by atoms with Crippen LogP contribution in [0.15, 0.2) is 11.6 Å². The first-order valence-electron chi connectivity index (χ1n) is 22.6. The van der Waals surface area contributed by atoms with Crippen molar-refractivity contribution in [1.29, 1.82) is 0 Å². The number of cyclic esters (lactones) is 1. The zero-order chi connectivity index (χ0) is 42.9. The number of rotatable bonds is 10. The molecule has 0 amide bonds. The van der Waals surface area contributed by atoms with Crippen molar-refractivity contribution in [1.82, 2.24) is 4.90 Å². The normalized spacial score (nSPS) is 50.2. The molecule has 2 unspecified atom stereocenters. The zero-order valence-electron chi connectivity index (χ0n) is 35.9.